The van der Waals surface area contributed by atoms with Crippen LogP contribution in [0.2, 0.25) is 0 Å². The molecule has 0 aliphatic rings. The molecule has 9 nitrogen and oxygen atoms in total. The lowest BCUT2D eigenvalue weighted by atomic mass is 10.2. The van der Waals surface area contributed by atoms with Crippen LogP contribution in [0.3, 0.4) is 0 Å². The summed E-state index contributed by atoms with van der Waals surface area (Å²) in [7, 11) is 4.47. The lowest BCUT2D eigenvalue weighted by Gasteiger charge is -2.12. The lowest BCUT2D eigenvalue weighted by molar-refractivity contribution is -0.139. The van der Waals surface area contributed by atoms with Crippen molar-refractivity contribution < 1.29 is 28.2 Å². The molecular formula is C17H19N3O6. The van der Waals surface area contributed by atoms with Crippen LogP contribution in [0, 0.1) is 0 Å². The van der Waals surface area contributed by atoms with Crippen LogP contribution >= 0.6 is 0 Å². The second-order valence-electron chi connectivity index (χ2n) is 4.91. The molecule has 26 heavy (non-hydrogen) atoms. The Balaban J connectivity index is 2.00. The fourth-order valence-electron chi connectivity index (χ4n) is 2.03. The van der Waals surface area contributed by atoms with Crippen LogP contribution in [-0.4, -0.2) is 39.4 Å². The van der Waals surface area contributed by atoms with E-state index < -0.39 is 11.8 Å². The second-order valence-corrected chi connectivity index (χ2v) is 4.91. The Morgan fingerprint density at radius 3 is 2.35 bits per heavy atom. The van der Waals surface area contributed by atoms with Crippen LogP contribution in [0.5, 0.6) is 17.2 Å². The third-order valence-electron chi connectivity index (χ3n) is 3.32. The van der Waals surface area contributed by atoms with Crippen molar-refractivity contribution in [3.63, 3.8) is 0 Å². The molecule has 1 heterocycles. The number of carbonyl (C=O) groups is 2. The number of nitrogens with zero attached hydrogens (tertiary/aromatic N) is 1. The Hall–Kier alpha value is -3.49. The van der Waals surface area contributed by atoms with E-state index in [-0.39, 0.29) is 6.54 Å². The SMILES string of the molecule is COc1cc(OC)c(/C=N/NC(=O)C(=O)NCc2ccco2)c(OC)c1. The summed E-state index contributed by atoms with van der Waals surface area (Å²) in [6, 6.07) is 6.64. The zero-order valence-corrected chi connectivity index (χ0v) is 14.6. The van der Waals surface area contributed by atoms with E-state index in [1.165, 1.54) is 33.8 Å². The Labute approximate surface area is 149 Å². The molecule has 1 aromatic heterocycles. The minimum Gasteiger partial charge on any atom is -0.496 e. The number of hydrogen-bond acceptors (Lipinski definition) is 7. The highest BCUT2D eigenvalue weighted by atomic mass is 16.5. The molecule has 1 aromatic carbocycles. The first-order valence-electron chi connectivity index (χ1n) is 7.52. The molecule has 2 amide bonds. The molecule has 2 rings (SSSR count). The average molecular weight is 361 g/mol. The maximum Gasteiger partial charge on any atom is 0.329 e. The average Bonchev–Trinajstić information content (AvgIpc) is 3.19. The number of carbonyl (C=O) groups excluding carboxylic acids is 2. The number of hydrazone groups is 1. The van der Waals surface area contributed by atoms with Gasteiger partial charge in [0.15, 0.2) is 0 Å². The summed E-state index contributed by atoms with van der Waals surface area (Å²) >= 11 is 0. The van der Waals surface area contributed by atoms with Gasteiger partial charge in [0.25, 0.3) is 0 Å². The van der Waals surface area contributed by atoms with Gasteiger partial charge in [-0.25, -0.2) is 5.43 Å². The van der Waals surface area contributed by atoms with Crippen molar-refractivity contribution in [1.29, 1.82) is 0 Å². The minimum atomic E-state index is -0.917. The molecule has 138 valence electrons. The molecule has 0 unspecified atom stereocenters. The third-order valence-corrected chi connectivity index (χ3v) is 3.32. The summed E-state index contributed by atoms with van der Waals surface area (Å²) < 4.78 is 20.7. The molecule has 0 saturated carbocycles. The number of rotatable bonds is 7. The molecule has 0 aliphatic carbocycles. The van der Waals surface area contributed by atoms with Crippen LogP contribution in [0.4, 0.5) is 0 Å². The van der Waals surface area contributed by atoms with E-state index >= 15 is 0 Å². The normalized spacial score (nSPS) is 10.4. The minimum absolute atomic E-state index is 0.100. The maximum atomic E-state index is 11.8. The smallest absolute Gasteiger partial charge is 0.329 e. The van der Waals surface area contributed by atoms with Crippen molar-refractivity contribution in [1.82, 2.24) is 10.7 Å². The molecule has 0 aliphatic heterocycles. The van der Waals surface area contributed by atoms with Gasteiger partial charge in [0, 0.05) is 12.1 Å². The van der Waals surface area contributed by atoms with Gasteiger partial charge in [-0.3, -0.25) is 9.59 Å². The molecule has 0 radical (unpaired) electrons. The van der Waals surface area contributed by atoms with E-state index in [1.54, 1.807) is 24.3 Å². The van der Waals surface area contributed by atoms with E-state index in [0.29, 0.717) is 28.6 Å². The fourth-order valence-corrected chi connectivity index (χ4v) is 2.03. The quantitative estimate of drug-likeness (QED) is 0.433. The maximum absolute atomic E-state index is 11.8. The molecular weight excluding hydrogens is 342 g/mol. The van der Waals surface area contributed by atoms with Crippen molar-refractivity contribution in [2.45, 2.75) is 6.54 Å². The summed E-state index contributed by atoms with van der Waals surface area (Å²) in [5.41, 5.74) is 2.62. The predicted molar refractivity (Wildman–Crippen MR) is 92.4 cm³/mol. The highest BCUT2D eigenvalue weighted by Gasteiger charge is 2.14. The predicted octanol–water partition coefficient (Wildman–Crippen LogP) is 1.07. The van der Waals surface area contributed by atoms with Crippen molar-refractivity contribution in [2.75, 3.05) is 21.3 Å². The number of hydrogen-bond donors (Lipinski definition) is 2. The number of ether oxygens (including phenoxy) is 3. The Kier molecular flexibility index (Phi) is 6.60. The van der Waals surface area contributed by atoms with E-state index in [0.717, 1.165) is 0 Å². The van der Waals surface area contributed by atoms with Gasteiger partial charge in [0.2, 0.25) is 0 Å². The van der Waals surface area contributed by atoms with Gasteiger partial charge in [-0.2, -0.15) is 5.10 Å². The zero-order chi connectivity index (χ0) is 18.9. The zero-order valence-electron chi connectivity index (χ0n) is 14.6. The molecule has 0 fully saturated rings. The third kappa shape index (κ3) is 4.76. The van der Waals surface area contributed by atoms with E-state index in [1.807, 2.05) is 0 Å². The molecule has 0 bridgehead atoms. The van der Waals surface area contributed by atoms with E-state index in [4.69, 9.17) is 18.6 Å². The van der Waals surface area contributed by atoms with Gasteiger partial charge < -0.3 is 23.9 Å². The molecule has 9 heteroatoms. The van der Waals surface area contributed by atoms with E-state index in [9.17, 15) is 9.59 Å². The lowest BCUT2D eigenvalue weighted by Crippen LogP contribution is -2.37. The van der Waals surface area contributed by atoms with Crippen LogP contribution in [0.25, 0.3) is 0 Å². The van der Waals surface area contributed by atoms with Gasteiger partial charge in [-0.15, -0.1) is 0 Å². The summed E-state index contributed by atoms with van der Waals surface area (Å²) in [6.07, 6.45) is 2.79. The molecule has 2 aromatic rings. The summed E-state index contributed by atoms with van der Waals surface area (Å²) in [4.78, 5) is 23.5. The van der Waals surface area contributed by atoms with Crippen LogP contribution in [-0.2, 0) is 16.1 Å². The molecule has 2 N–H and O–H groups in total. The van der Waals surface area contributed by atoms with Gasteiger partial charge >= 0.3 is 11.8 Å². The van der Waals surface area contributed by atoms with Gasteiger partial charge in [-0.1, -0.05) is 0 Å². The first-order valence-corrected chi connectivity index (χ1v) is 7.52. The topological polar surface area (TPSA) is 111 Å². The second kappa shape index (κ2) is 9.11. The Morgan fingerprint density at radius 2 is 1.81 bits per heavy atom. The number of furan rings is 1. The fraction of sp³-hybridized carbons (Fsp3) is 0.235. The van der Waals surface area contributed by atoms with Crippen LogP contribution in [0.15, 0.2) is 40.0 Å². The summed E-state index contributed by atoms with van der Waals surface area (Å²) in [5.74, 6) is 0.175. The summed E-state index contributed by atoms with van der Waals surface area (Å²) in [5, 5.41) is 6.18. The van der Waals surface area contributed by atoms with E-state index in [2.05, 4.69) is 15.8 Å². The number of amides is 2. The first-order chi connectivity index (χ1) is 12.6. The Bertz CT molecular complexity index is 761. The molecule has 0 atom stereocenters. The first kappa shape index (κ1) is 18.8. The standard InChI is InChI=1S/C17H19N3O6/c1-23-12-7-14(24-2)13(15(8-12)25-3)10-19-20-17(22)16(21)18-9-11-5-4-6-26-11/h4-8,10H,9H2,1-3H3,(H,18,21)(H,20,22)/b19-10+. The van der Waals surface area contributed by atoms with Crippen LogP contribution < -0.4 is 25.0 Å². The van der Waals surface area contributed by atoms with Gasteiger partial charge in [0.1, 0.15) is 23.0 Å². The van der Waals surface area contributed by atoms with Gasteiger partial charge in [0.05, 0.1) is 45.9 Å². The highest BCUT2D eigenvalue weighted by molar-refractivity contribution is 6.35. The largest absolute Gasteiger partial charge is 0.496 e. The van der Waals surface area contributed by atoms with Gasteiger partial charge in [-0.05, 0) is 12.1 Å². The van der Waals surface area contributed by atoms with Crippen molar-refractivity contribution in [3.05, 3.63) is 41.9 Å². The number of nitrogens with one attached hydrogen (secondary N) is 2. The molecule has 0 saturated heterocycles. The van der Waals surface area contributed by atoms with Crippen LogP contribution in [0.1, 0.15) is 11.3 Å². The van der Waals surface area contributed by atoms with Crippen molar-refractivity contribution in [2.24, 2.45) is 5.10 Å². The number of benzene rings is 1. The Morgan fingerprint density at radius 1 is 1.12 bits per heavy atom. The van der Waals surface area contributed by atoms with Crippen molar-refractivity contribution >= 4 is 18.0 Å². The number of methoxy groups -OCH3 is 3. The highest BCUT2D eigenvalue weighted by Crippen LogP contribution is 2.32. The monoisotopic (exact) mass is 361 g/mol. The molecule has 0 spiro atoms. The van der Waals surface area contributed by atoms with Crippen molar-refractivity contribution in [3.8, 4) is 17.2 Å². The summed E-state index contributed by atoms with van der Waals surface area (Å²) in [6.45, 7) is 0.100.